The molecular formula is C14H15N3O2. The molecule has 1 aromatic heterocycles. The van der Waals surface area contributed by atoms with E-state index in [1.54, 1.807) is 30.6 Å². The maximum absolute atomic E-state index is 11.5. The summed E-state index contributed by atoms with van der Waals surface area (Å²) in [5.41, 5.74) is 8.71. The minimum atomic E-state index is -0.382. The smallest absolute Gasteiger partial charge is 0.337 e. The zero-order chi connectivity index (χ0) is 13.7. The highest BCUT2D eigenvalue weighted by Crippen LogP contribution is 2.21. The van der Waals surface area contributed by atoms with Gasteiger partial charge in [-0.2, -0.15) is 0 Å². The zero-order valence-electron chi connectivity index (χ0n) is 10.6. The summed E-state index contributed by atoms with van der Waals surface area (Å²) in [5, 5.41) is 3.19. The Morgan fingerprint density at radius 3 is 2.74 bits per heavy atom. The molecule has 0 aliphatic carbocycles. The number of nitrogens with two attached hydrogens (primary N) is 1. The van der Waals surface area contributed by atoms with Crippen LogP contribution in [0.4, 0.5) is 11.4 Å². The number of benzene rings is 1. The molecule has 98 valence electrons. The molecule has 0 saturated carbocycles. The van der Waals surface area contributed by atoms with Gasteiger partial charge in [0, 0.05) is 18.9 Å². The van der Waals surface area contributed by atoms with E-state index in [4.69, 9.17) is 5.73 Å². The van der Waals surface area contributed by atoms with E-state index in [-0.39, 0.29) is 5.97 Å². The molecule has 0 fully saturated rings. The number of carbonyl (C=O) groups excluding carboxylic acids is 1. The van der Waals surface area contributed by atoms with Crippen LogP contribution < -0.4 is 11.1 Å². The van der Waals surface area contributed by atoms with E-state index in [1.165, 1.54) is 7.11 Å². The SMILES string of the molecule is COC(=O)c1ccc(N)c(NCc2ccncc2)c1. The normalized spacial score (nSPS) is 9.95. The number of pyridine rings is 1. The molecule has 19 heavy (non-hydrogen) atoms. The fourth-order valence-corrected chi connectivity index (χ4v) is 1.65. The topological polar surface area (TPSA) is 77.2 Å². The van der Waals surface area contributed by atoms with E-state index in [2.05, 4.69) is 15.0 Å². The van der Waals surface area contributed by atoms with E-state index in [1.807, 2.05) is 12.1 Å². The summed E-state index contributed by atoms with van der Waals surface area (Å²) in [4.78, 5) is 15.4. The Bertz CT molecular complexity index is 570. The molecule has 0 saturated heterocycles. The van der Waals surface area contributed by atoms with Crippen molar-refractivity contribution in [3.8, 4) is 0 Å². The minimum absolute atomic E-state index is 0.382. The van der Waals surface area contributed by atoms with Gasteiger partial charge in [-0.3, -0.25) is 4.98 Å². The molecule has 2 rings (SSSR count). The Labute approximate surface area is 111 Å². The highest BCUT2D eigenvalue weighted by Gasteiger charge is 2.08. The molecule has 1 heterocycles. The summed E-state index contributed by atoms with van der Waals surface area (Å²) >= 11 is 0. The second-order valence-corrected chi connectivity index (χ2v) is 4.00. The molecule has 0 radical (unpaired) electrons. The Morgan fingerprint density at radius 2 is 2.05 bits per heavy atom. The van der Waals surface area contributed by atoms with Crippen molar-refractivity contribution < 1.29 is 9.53 Å². The van der Waals surface area contributed by atoms with Crippen molar-refractivity contribution in [2.45, 2.75) is 6.54 Å². The lowest BCUT2D eigenvalue weighted by Gasteiger charge is -2.10. The average molecular weight is 257 g/mol. The van der Waals surface area contributed by atoms with E-state index in [0.717, 1.165) is 5.56 Å². The van der Waals surface area contributed by atoms with E-state index in [9.17, 15) is 4.79 Å². The molecule has 5 heteroatoms. The number of esters is 1. The number of rotatable bonds is 4. The zero-order valence-corrected chi connectivity index (χ0v) is 10.6. The summed E-state index contributed by atoms with van der Waals surface area (Å²) < 4.78 is 4.68. The van der Waals surface area contributed by atoms with Crippen molar-refractivity contribution in [1.29, 1.82) is 0 Å². The predicted molar refractivity (Wildman–Crippen MR) is 73.8 cm³/mol. The summed E-state index contributed by atoms with van der Waals surface area (Å²) in [6, 6.07) is 8.82. The van der Waals surface area contributed by atoms with E-state index >= 15 is 0 Å². The molecule has 0 atom stereocenters. The molecule has 0 aliphatic heterocycles. The molecule has 0 spiro atoms. The number of nitrogens with zero attached hydrogens (tertiary/aromatic N) is 1. The lowest BCUT2D eigenvalue weighted by atomic mass is 10.1. The molecule has 5 nitrogen and oxygen atoms in total. The van der Waals surface area contributed by atoms with Crippen LogP contribution in [0, 0.1) is 0 Å². The standard InChI is InChI=1S/C14H15N3O2/c1-19-14(18)11-2-3-12(15)13(8-11)17-9-10-4-6-16-7-5-10/h2-8,17H,9,15H2,1H3. The molecule has 0 unspecified atom stereocenters. The van der Waals surface area contributed by atoms with Crippen molar-refractivity contribution in [3.05, 3.63) is 53.9 Å². The molecule has 1 aromatic carbocycles. The predicted octanol–water partition coefficient (Wildman–Crippen LogP) is 2.06. The second kappa shape index (κ2) is 5.86. The van der Waals surface area contributed by atoms with Gasteiger partial charge in [0.05, 0.1) is 24.0 Å². The van der Waals surface area contributed by atoms with Crippen LogP contribution in [-0.4, -0.2) is 18.1 Å². The number of hydrogen-bond acceptors (Lipinski definition) is 5. The maximum atomic E-state index is 11.5. The highest BCUT2D eigenvalue weighted by molar-refractivity contribution is 5.91. The molecule has 0 aliphatic rings. The highest BCUT2D eigenvalue weighted by atomic mass is 16.5. The number of nitrogen functional groups attached to an aromatic ring is 1. The van der Waals surface area contributed by atoms with Crippen LogP contribution in [0.15, 0.2) is 42.7 Å². The largest absolute Gasteiger partial charge is 0.465 e. The monoisotopic (exact) mass is 257 g/mol. The average Bonchev–Trinajstić information content (AvgIpc) is 2.46. The first-order valence-electron chi connectivity index (χ1n) is 5.81. The van der Waals surface area contributed by atoms with Crippen LogP contribution in [0.5, 0.6) is 0 Å². The maximum Gasteiger partial charge on any atom is 0.337 e. The van der Waals surface area contributed by atoms with E-state index in [0.29, 0.717) is 23.5 Å². The van der Waals surface area contributed by atoms with Crippen LogP contribution in [0.2, 0.25) is 0 Å². The number of methoxy groups -OCH3 is 1. The third-order valence-electron chi connectivity index (χ3n) is 2.71. The minimum Gasteiger partial charge on any atom is -0.465 e. The third kappa shape index (κ3) is 3.22. The van der Waals surface area contributed by atoms with Crippen LogP contribution in [0.1, 0.15) is 15.9 Å². The number of aromatic nitrogens is 1. The van der Waals surface area contributed by atoms with Crippen LogP contribution >= 0.6 is 0 Å². The first-order chi connectivity index (χ1) is 9.20. The van der Waals surface area contributed by atoms with Gasteiger partial charge in [0.25, 0.3) is 0 Å². The third-order valence-corrected chi connectivity index (χ3v) is 2.71. The van der Waals surface area contributed by atoms with Gasteiger partial charge in [0.1, 0.15) is 0 Å². The molecule has 3 N–H and O–H groups in total. The Balaban J connectivity index is 2.13. The van der Waals surface area contributed by atoms with Crippen molar-refractivity contribution in [3.63, 3.8) is 0 Å². The summed E-state index contributed by atoms with van der Waals surface area (Å²) in [7, 11) is 1.35. The number of anilines is 2. The van der Waals surface area contributed by atoms with Crippen LogP contribution in [-0.2, 0) is 11.3 Å². The molecule has 0 bridgehead atoms. The van der Waals surface area contributed by atoms with Crippen LogP contribution in [0.25, 0.3) is 0 Å². The summed E-state index contributed by atoms with van der Waals surface area (Å²) in [6.07, 6.45) is 3.45. The van der Waals surface area contributed by atoms with Crippen molar-refractivity contribution in [1.82, 2.24) is 4.98 Å². The summed E-state index contributed by atoms with van der Waals surface area (Å²) in [5.74, 6) is -0.382. The molecule has 0 amide bonds. The lowest BCUT2D eigenvalue weighted by molar-refractivity contribution is 0.0601. The Morgan fingerprint density at radius 1 is 1.32 bits per heavy atom. The van der Waals surface area contributed by atoms with Gasteiger partial charge >= 0.3 is 5.97 Å². The number of nitrogens with one attached hydrogen (secondary N) is 1. The molecular weight excluding hydrogens is 242 g/mol. The van der Waals surface area contributed by atoms with Gasteiger partial charge in [-0.15, -0.1) is 0 Å². The van der Waals surface area contributed by atoms with Gasteiger partial charge in [-0.05, 0) is 35.9 Å². The molecule has 2 aromatic rings. The fourth-order valence-electron chi connectivity index (χ4n) is 1.65. The van der Waals surface area contributed by atoms with Crippen molar-refractivity contribution in [2.24, 2.45) is 0 Å². The number of ether oxygens (including phenoxy) is 1. The van der Waals surface area contributed by atoms with Gasteiger partial charge < -0.3 is 15.8 Å². The van der Waals surface area contributed by atoms with Gasteiger partial charge in [-0.25, -0.2) is 4.79 Å². The van der Waals surface area contributed by atoms with Gasteiger partial charge in [0.2, 0.25) is 0 Å². The Kier molecular flexibility index (Phi) is 3.97. The van der Waals surface area contributed by atoms with Crippen molar-refractivity contribution >= 4 is 17.3 Å². The van der Waals surface area contributed by atoms with E-state index < -0.39 is 0 Å². The fraction of sp³-hybridized carbons (Fsp3) is 0.143. The number of hydrogen-bond donors (Lipinski definition) is 2. The summed E-state index contributed by atoms with van der Waals surface area (Å²) in [6.45, 7) is 0.608. The van der Waals surface area contributed by atoms with Gasteiger partial charge in [0.15, 0.2) is 0 Å². The lowest BCUT2D eigenvalue weighted by Crippen LogP contribution is -2.06. The second-order valence-electron chi connectivity index (χ2n) is 4.00. The first-order valence-corrected chi connectivity index (χ1v) is 5.81. The Hall–Kier alpha value is -2.56. The quantitative estimate of drug-likeness (QED) is 0.647. The van der Waals surface area contributed by atoms with Crippen LogP contribution in [0.3, 0.4) is 0 Å². The number of carbonyl (C=O) groups is 1. The first kappa shape index (κ1) is 12.9. The van der Waals surface area contributed by atoms with Gasteiger partial charge in [-0.1, -0.05) is 0 Å². The van der Waals surface area contributed by atoms with Crippen molar-refractivity contribution in [2.75, 3.05) is 18.2 Å².